The van der Waals surface area contributed by atoms with Gasteiger partial charge in [0.2, 0.25) is 10.0 Å². The molecule has 0 aliphatic heterocycles. The molecular weight excluding hydrogens is 403 g/mol. The average Bonchev–Trinajstić information content (AvgIpc) is 3.04. The van der Waals surface area contributed by atoms with Gasteiger partial charge in [-0.2, -0.15) is 17.9 Å². The molecule has 0 saturated carbocycles. The second-order valence-electron chi connectivity index (χ2n) is 5.67. The van der Waals surface area contributed by atoms with Crippen molar-refractivity contribution in [2.45, 2.75) is 31.0 Å². The Morgan fingerprint density at radius 2 is 1.75 bits per heavy atom. The summed E-state index contributed by atoms with van der Waals surface area (Å²) >= 11 is 0. The number of nitrogens with one attached hydrogen (secondary N) is 3. The Labute approximate surface area is 158 Å². The lowest BCUT2D eigenvalue weighted by Crippen LogP contribution is -2.51. The molecule has 0 fully saturated rings. The Bertz CT molecular complexity index is 985. The highest BCUT2D eigenvalue weighted by atomic mass is 32.2. The molecule has 0 unspecified atom stereocenters. The number of furan rings is 1. The van der Waals surface area contributed by atoms with Gasteiger partial charge in [0.15, 0.2) is 0 Å². The molecule has 1 atom stereocenters. The first-order chi connectivity index (χ1) is 12.9. The number of carbonyl (C=O) groups excluding carboxylic acids is 2. The number of benzene rings is 1. The van der Waals surface area contributed by atoms with Gasteiger partial charge in [-0.3, -0.25) is 20.4 Å². The minimum atomic E-state index is -4.90. The Hall–Kier alpha value is -2.86. The van der Waals surface area contributed by atoms with Crippen LogP contribution in [0.15, 0.2) is 45.9 Å². The first-order valence-corrected chi connectivity index (χ1v) is 9.24. The van der Waals surface area contributed by atoms with Gasteiger partial charge >= 0.3 is 6.18 Å². The molecule has 2 amide bonds. The van der Waals surface area contributed by atoms with Crippen molar-refractivity contribution in [3.05, 3.63) is 53.5 Å². The fourth-order valence-electron chi connectivity index (χ4n) is 2.20. The van der Waals surface area contributed by atoms with E-state index < -0.39 is 44.5 Å². The number of amides is 2. The monoisotopic (exact) mass is 419 g/mol. The van der Waals surface area contributed by atoms with Crippen molar-refractivity contribution < 1.29 is 35.6 Å². The summed E-state index contributed by atoms with van der Waals surface area (Å²) in [5, 5.41) is 0. The molecule has 0 aliphatic carbocycles. The number of alkyl halides is 3. The first kappa shape index (κ1) is 21.4. The van der Waals surface area contributed by atoms with Crippen LogP contribution in [0.1, 0.15) is 28.6 Å². The maximum absolute atomic E-state index is 13.0. The largest absolute Gasteiger partial charge is 0.469 e. The van der Waals surface area contributed by atoms with Gasteiger partial charge < -0.3 is 4.42 Å². The van der Waals surface area contributed by atoms with Crippen LogP contribution in [0, 0.1) is 6.92 Å². The van der Waals surface area contributed by atoms with Crippen LogP contribution in [-0.2, 0) is 21.0 Å². The number of hydrogen-bond donors (Lipinski definition) is 3. The molecule has 0 aliphatic rings. The maximum Gasteiger partial charge on any atom is 0.417 e. The van der Waals surface area contributed by atoms with Crippen LogP contribution >= 0.6 is 0 Å². The molecule has 28 heavy (non-hydrogen) atoms. The summed E-state index contributed by atoms with van der Waals surface area (Å²) in [6.07, 6.45) is -3.63. The van der Waals surface area contributed by atoms with Crippen molar-refractivity contribution >= 4 is 21.8 Å². The van der Waals surface area contributed by atoms with Crippen LogP contribution in [0.2, 0.25) is 0 Å². The van der Waals surface area contributed by atoms with Crippen molar-refractivity contribution in [3.63, 3.8) is 0 Å². The zero-order valence-electron chi connectivity index (χ0n) is 14.6. The van der Waals surface area contributed by atoms with Gasteiger partial charge in [0.1, 0.15) is 5.76 Å². The fraction of sp³-hybridized carbons (Fsp3) is 0.250. The molecular formula is C16H16F3N3O5S. The number of halogens is 3. The SMILES string of the molecule is Cc1occc1C(=O)NNC(=O)[C@@H](C)NS(=O)(=O)c1ccccc1C(F)(F)F. The summed E-state index contributed by atoms with van der Waals surface area (Å²) in [6, 6.07) is 3.45. The maximum atomic E-state index is 13.0. The standard InChI is InChI=1S/C16H16F3N3O5S/c1-9(14(23)20-21-15(24)11-7-8-27-10(11)2)22-28(25,26)13-6-4-3-5-12(13)16(17,18)19/h3-9,22H,1-2H3,(H,20,23)(H,21,24)/t9-/m1/s1. The van der Waals surface area contributed by atoms with Gasteiger partial charge in [-0.25, -0.2) is 8.42 Å². The lowest BCUT2D eigenvalue weighted by atomic mass is 10.2. The molecule has 0 saturated heterocycles. The van der Waals surface area contributed by atoms with Crippen molar-refractivity contribution in [1.29, 1.82) is 0 Å². The van der Waals surface area contributed by atoms with Crippen molar-refractivity contribution in [2.75, 3.05) is 0 Å². The second kappa shape index (κ2) is 8.02. The summed E-state index contributed by atoms with van der Waals surface area (Å²) in [5.74, 6) is -1.40. The summed E-state index contributed by atoms with van der Waals surface area (Å²) in [5.41, 5.74) is 2.83. The van der Waals surface area contributed by atoms with E-state index in [0.29, 0.717) is 11.8 Å². The van der Waals surface area contributed by atoms with Gasteiger partial charge in [-0.05, 0) is 32.0 Å². The van der Waals surface area contributed by atoms with E-state index in [2.05, 4.69) is 5.43 Å². The van der Waals surface area contributed by atoms with Crippen molar-refractivity contribution in [3.8, 4) is 0 Å². The van der Waals surface area contributed by atoms with E-state index in [-0.39, 0.29) is 5.56 Å². The summed E-state index contributed by atoms with van der Waals surface area (Å²) in [4.78, 5) is 22.8. The Balaban J connectivity index is 2.07. The highest BCUT2D eigenvalue weighted by molar-refractivity contribution is 7.89. The molecule has 0 spiro atoms. The third kappa shape index (κ3) is 4.89. The Kier molecular flexibility index (Phi) is 6.14. The minimum Gasteiger partial charge on any atom is -0.469 e. The molecule has 152 valence electrons. The zero-order valence-corrected chi connectivity index (χ0v) is 15.4. The molecule has 8 nitrogen and oxygen atoms in total. The number of hydrazine groups is 1. The number of hydrogen-bond acceptors (Lipinski definition) is 5. The quantitative estimate of drug-likeness (QED) is 0.638. The molecule has 1 heterocycles. The number of carbonyl (C=O) groups is 2. The predicted octanol–water partition coefficient (Wildman–Crippen LogP) is 1.73. The number of rotatable bonds is 5. The second-order valence-corrected chi connectivity index (χ2v) is 7.35. The molecule has 1 aromatic carbocycles. The average molecular weight is 419 g/mol. The minimum absolute atomic E-state index is 0.146. The smallest absolute Gasteiger partial charge is 0.417 e. The van der Waals surface area contributed by atoms with Gasteiger partial charge in [0, 0.05) is 0 Å². The lowest BCUT2D eigenvalue weighted by Gasteiger charge is -2.17. The fourth-order valence-corrected chi connectivity index (χ4v) is 3.63. The van der Waals surface area contributed by atoms with E-state index in [1.165, 1.54) is 19.3 Å². The van der Waals surface area contributed by atoms with E-state index in [4.69, 9.17) is 4.42 Å². The van der Waals surface area contributed by atoms with Gasteiger partial charge in [-0.1, -0.05) is 12.1 Å². The molecule has 12 heteroatoms. The lowest BCUT2D eigenvalue weighted by molar-refractivity contribution is -0.139. The third-order valence-electron chi connectivity index (χ3n) is 3.61. The van der Waals surface area contributed by atoms with Crippen LogP contribution < -0.4 is 15.6 Å². The van der Waals surface area contributed by atoms with E-state index >= 15 is 0 Å². The van der Waals surface area contributed by atoms with Crippen molar-refractivity contribution in [2.24, 2.45) is 0 Å². The van der Waals surface area contributed by atoms with Crippen LogP contribution in [0.4, 0.5) is 13.2 Å². The highest BCUT2D eigenvalue weighted by Gasteiger charge is 2.37. The van der Waals surface area contributed by atoms with Gasteiger partial charge in [0.05, 0.1) is 28.3 Å². The highest BCUT2D eigenvalue weighted by Crippen LogP contribution is 2.33. The van der Waals surface area contributed by atoms with E-state index in [0.717, 1.165) is 25.1 Å². The summed E-state index contributed by atoms with van der Waals surface area (Å²) < 4.78 is 70.4. The van der Waals surface area contributed by atoms with E-state index in [9.17, 15) is 31.2 Å². The molecule has 1 aromatic heterocycles. The molecule has 0 bridgehead atoms. The topological polar surface area (TPSA) is 118 Å². The summed E-state index contributed by atoms with van der Waals surface area (Å²) in [7, 11) is -4.67. The van der Waals surface area contributed by atoms with Crippen molar-refractivity contribution in [1.82, 2.24) is 15.6 Å². The molecule has 3 N–H and O–H groups in total. The normalized spacial score (nSPS) is 13.0. The Morgan fingerprint density at radius 3 is 2.32 bits per heavy atom. The number of aryl methyl sites for hydroxylation is 1. The summed E-state index contributed by atoms with van der Waals surface area (Å²) in [6.45, 7) is 2.63. The van der Waals surface area contributed by atoms with Gasteiger partial charge in [-0.15, -0.1) is 0 Å². The van der Waals surface area contributed by atoms with Crippen LogP contribution in [0.3, 0.4) is 0 Å². The third-order valence-corrected chi connectivity index (χ3v) is 5.21. The van der Waals surface area contributed by atoms with E-state index in [1.807, 2.05) is 10.1 Å². The predicted molar refractivity (Wildman–Crippen MR) is 90.3 cm³/mol. The van der Waals surface area contributed by atoms with Crippen LogP contribution in [0.5, 0.6) is 0 Å². The first-order valence-electron chi connectivity index (χ1n) is 7.76. The Morgan fingerprint density at radius 1 is 1.11 bits per heavy atom. The molecule has 2 rings (SSSR count). The molecule has 2 aromatic rings. The number of sulfonamides is 1. The van der Waals surface area contributed by atoms with Gasteiger partial charge in [0.25, 0.3) is 11.8 Å². The van der Waals surface area contributed by atoms with Crippen LogP contribution in [-0.4, -0.2) is 26.3 Å². The molecule has 0 radical (unpaired) electrons. The van der Waals surface area contributed by atoms with Crippen LogP contribution in [0.25, 0.3) is 0 Å². The zero-order chi connectivity index (χ0) is 21.1. The van der Waals surface area contributed by atoms with E-state index in [1.54, 1.807) is 0 Å².